The molecule has 1 unspecified atom stereocenters. The van der Waals surface area contributed by atoms with Gasteiger partial charge in [0.25, 0.3) is 0 Å². The normalized spacial score (nSPS) is 11.7. The molecule has 98 valence electrons. The van der Waals surface area contributed by atoms with Crippen molar-refractivity contribution in [2.24, 2.45) is 5.92 Å². The summed E-state index contributed by atoms with van der Waals surface area (Å²) in [5.74, 6) is -2.83. The minimum atomic E-state index is -1.05. The molecule has 0 aliphatic rings. The Hall–Kier alpha value is -2.11. The van der Waals surface area contributed by atoms with Crippen molar-refractivity contribution >= 4 is 17.6 Å². The molecule has 0 aliphatic heterocycles. The largest absolute Gasteiger partial charge is 0.494 e. The van der Waals surface area contributed by atoms with Gasteiger partial charge < -0.3 is 15.2 Å². The van der Waals surface area contributed by atoms with E-state index in [1.165, 1.54) is 26.2 Å². The van der Waals surface area contributed by atoms with Crippen LogP contribution in [0, 0.1) is 11.7 Å². The van der Waals surface area contributed by atoms with E-state index in [1.54, 1.807) is 0 Å². The zero-order valence-corrected chi connectivity index (χ0v) is 10.1. The van der Waals surface area contributed by atoms with Crippen molar-refractivity contribution in [3.05, 3.63) is 24.0 Å². The van der Waals surface area contributed by atoms with Gasteiger partial charge in [-0.05, 0) is 12.1 Å². The molecular weight excluding hydrogens is 241 g/mol. The molecule has 1 amide bonds. The number of carbonyl (C=O) groups excluding carboxylic acids is 1. The van der Waals surface area contributed by atoms with Crippen molar-refractivity contribution < 1.29 is 23.8 Å². The Kier molecular flexibility index (Phi) is 4.65. The Morgan fingerprint density at radius 3 is 2.67 bits per heavy atom. The number of hydrogen-bond acceptors (Lipinski definition) is 3. The molecule has 6 heteroatoms. The van der Waals surface area contributed by atoms with Gasteiger partial charge in [0, 0.05) is 18.2 Å². The molecule has 0 fully saturated rings. The summed E-state index contributed by atoms with van der Waals surface area (Å²) in [6, 6.07) is 3.97. The number of carbonyl (C=O) groups is 2. The standard InChI is InChI=1S/C12H14FNO4/c1-7(12(16)17)5-11(15)14-8-3-4-10(18-2)9(13)6-8/h3-4,6-7H,5H2,1-2H3,(H,14,15)(H,16,17). The molecule has 0 saturated carbocycles. The predicted molar refractivity (Wildman–Crippen MR) is 63.0 cm³/mol. The number of carboxylic acids is 1. The van der Waals surface area contributed by atoms with Gasteiger partial charge in [0.1, 0.15) is 0 Å². The summed E-state index contributed by atoms with van der Waals surface area (Å²) in [6.07, 6.45) is -0.164. The number of rotatable bonds is 5. The number of ether oxygens (including phenoxy) is 1. The molecule has 1 atom stereocenters. The van der Waals surface area contributed by atoms with Gasteiger partial charge in [-0.25, -0.2) is 4.39 Å². The quantitative estimate of drug-likeness (QED) is 0.842. The van der Waals surface area contributed by atoms with Crippen LogP contribution in [0.15, 0.2) is 18.2 Å². The number of carboxylic acid groups (broad SMARTS) is 1. The Bertz CT molecular complexity index is 461. The molecule has 2 N–H and O–H groups in total. The lowest BCUT2D eigenvalue weighted by Crippen LogP contribution is -2.20. The molecule has 1 aromatic rings. The molecule has 0 radical (unpaired) electrons. The lowest BCUT2D eigenvalue weighted by molar-refractivity contribution is -0.142. The van der Waals surface area contributed by atoms with Gasteiger partial charge in [-0.15, -0.1) is 0 Å². The number of hydrogen-bond donors (Lipinski definition) is 2. The highest BCUT2D eigenvalue weighted by Gasteiger charge is 2.16. The summed E-state index contributed by atoms with van der Waals surface area (Å²) in [6.45, 7) is 1.43. The molecule has 0 saturated heterocycles. The van der Waals surface area contributed by atoms with Crippen LogP contribution in [0.3, 0.4) is 0 Å². The molecule has 1 rings (SSSR count). The van der Waals surface area contributed by atoms with Crippen molar-refractivity contribution in [3.8, 4) is 5.75 Å². The van der Waals surface area contributed by atoms with Gasteiger partial charge in [0.05, 0.1) is 13.0 Å². The number of aliphatic carboxylic acids is 1. The Balaban J connectivity index is 2.65. The second-order valence-electron chi connectivity index (χ2n) is 3.84. The summed E-state index contributed by atoms with van der Waals surface area (Å²) < 4.78 is 18.1. The van der Waals surface area contributed by atoms with Crippen LogP contribution < -0.4 is 10.1 Å². The van der Waals surface area contributed by atoms with Crippen LogP contribution in [0.2, 0.25) is 0 Å². The fraction of sp³-hybridized carbons (Fsp3) is 0.333. The van der Waals surface area contributed by atoms with Crippen molar-refractivity contribution in [3.63, 3.8) is 0 Å². The predicted octanol–water partition coefficient (Wildman–Crippen LogP) is 1.88. The summed E-state index contributed by atoms with van der Waals surface area (Å²) in [7, 11) is 1.34. The molecule has 5 nitrogen and oxygen atoms in total. The third kappa shape index (κ3) is 3.73. The molecular formula is C12H14FNO4. The van der Waals surface area contributed by atoms with Crippen LogP contribution in [0.25, 0.3) is 0 Å². The highest BCUT2D eigenvalue weighted by molar-refractivity contribution is 5.93. The maximum Gasteiger partial charge on any atom is 0.306 e. The zero-order valence-electron chi connectivity index (χ0n) is 10.1. The van der Waals surface area contributed by atoms with E-state index in [0.717, 1.165) is 6.07 Å². The lowest BCUT2D eigenvalue weighted by atomic mass is 10.1. The van der Waals surface area contributed by atoms with Crippen LogP contribution >= 0.6 is 0 Å². The third-order valence-corrected chi connectivity index (χ3v) is 2.35. The second kappa shape index (κ2) is 6.00. The van der Waals surface area contributed by atoms with E-state index in [9.17, 15) is 14.0 Å². The molecule has 18 heavy (non-hydrogen) atoms. The van der Waals surface area contributed by atoms with E-state index in [1.807, 2.05) is 0 Å². The average Bonchev–Trinajstić information content (AvgIpc) is 2.28. The zero-order chi connectivity index (χ0) is 13.7. The van der Waals surface area contributed by atoms with E-state index in [0.29, 0.717) is 0 Å². The Morgan fingerprint density at radius 1 is 1.50 bits per heavy atom. The smallest absolute Gasteiger partial charge is 0.306 e. The van der Waals surface area contributed by atoms with Gasteiger partial charge in [-0.1, -0.05) is 6.92 Å². The molecule has 0 spiro atoms. The van der Waals surface area contributed by atoms with Crippen LogP contribution in [-0.4, -0.2) is 24.1 Å². The maximum absolute atomic E-state index is 13.3. The molecule has 0 aliphatic carbocycles. The van der Waals surface area contributed by atoms with E-state index in [2.05, 4.69) is 5.32 Å². The van der Waals surface area contributed by atoms with Crippen LogP contribution in [-0.2, 0) is 9.59 Å². The van der Waals surface area contributed by atoms with Crippen LogP contribution in [0.5, 0.6) is 5.75 Å². The highest BCUT2D eigenvalue weighted by atomic mass is 19.1. The number of anilines is 1. The van der Waals surface area contributed by atoms with E-state index < -0.39 is 23.6 Å². The van der Waals surface area contributed by atoms with Gasteiger partial charge in [-0.2, -0.15) is 0 Å². The maximum atomic E-state index is 13.3. The summed E-state index contributed by atoms with van der Waals surface area (Å²) in [4.78, 5) is 22.0. The van der Waals surface area contributed by atoms with Gasteiger partial charge in [0.2, 0.25) is 5.91 Å². The van der Waals surface area contributed by atoms with Crippen LogP contribution in [0.1, 0.15) is 13.3 Å². The second-order valence-corrected chi connectivity index (χ2v) is 3.84. The fourth-order valence-electron chi connectivity index (χ4n) is 1.32. The first-order valence-electron chi connectivity index (χ1n) is 5.30. The lowest BCUT2D eigenvalue weighted by Gasteiger charge is -2.09. The first-order chi connectivity index (χ1) is 8.43. The molecule has 0 heterocycles. The number of benzene rings is 1. The van der Waals surface area contributed by atoms with Crippen molar-refractivity contribution in [2.75, 3.05) is 12.4 Å². The molecule has 0 aromatic heterocycles. The summed E-state index contributed by atoms with van der Waals surface area (Å²) in [5, 5.41) is 11.1. The SMILES string of the molecule is COc1ccc(NC(=O)CC(C)C(=O)O)cc1F. The fourth-order valence-corrected chi connectivity index (χ4v) is 1.32. The first-order valence-corrected chi connectivity index (χ1v) is 5.30. The van der Waals surface area contributed by atoms with Crippen molar-refractivity contribution in [1.29, 1.82) is 0 Å². The Morgan fingerprint density at radius 2 is 2.17 bits per heavy atom. The van der Waals surface area contributed by atoms with Crippen molar-refractivity contribution in [2.45, 2.75) is 13.3 Å². The monoisotopic (exact) mass is 255 g/mol. The van der Waals surface area contributed by atoms with E-state index in [4.69, 9.17) is 9.84 Å². The number of amides is 1. The summed E-state index contributed by atoms with van der Waals surface area (Å²) >= 11 is 0. The third-order valence-electron chi connectivity index (χ3n) is 2.35. The summed E-state index contributed by atoms with van der Waals surface area (Å²) in [5.41, 5.74) is 0.260. The number of halogens is 1. The van der Waals surface area contributed by atoms with Crippen LogP contribution in [0.4, 0.5) is 10.1 Å². The first kappa shape index (κ1) is 14.0. The van der Waals surface area contributed by atoms with Gasteiger partial charge >= 0.3 is 5.97 Å². The minimum Gasteiger partial charge on any atom is -0.494 e. The minimum absolute atomic E-state index is 0.0758. The molecule has 0 bridgehead atoms. The van der Waals surface area contributed by atoms with Gasteiger partial charge in [-0.3, -0.25) is 9.59 Å². The number of methoxy groups -OCH3 is 1. The van der Waals surface area contributed by atoms with Crippen molar-refractivity contribution in [1.82, 2.24) is 0 Å². The average molecular weight is 255 g/mol. The topological polar surface area (TPSA) is 75.6 Å². The van der Waals surface area contributed by atoms with E-state index in [-0.39, 0.29) is 17.9 Å². The van der Waals surface area contributed by atoms with Gasteiger partial charge in [0.15, 0.2) is 11.6 Å². The number of nitrogens with one attached hydrogen (secondary N) is 1. The highest BCUT2D eigenvalue weighted by Crippen LogP contribution is 2.20. The molecule has 1 aromatic carbocycles. The van der Waals surface area contributed by atoms with E-state index >= 15 is 0 Å². The Labute approximate surface area is 104 Å².